The average molecular weight is 420 g/mol. The number of hydrogen-bond acceptors (Lipinski definition) is 5. The number of aromatic nitrogens is 4. The molecule has 2 aromatic heterocycles. The van der Waals surface area contributed by atoms with Crippen LogP contribution in [-0.4, -0.2) is 79.1 Å². The summed E-state index contributed by atoms with van der Waals surface area (Å²) in [5.41, 5.74) is 0.0800. The highest BCUT2D eigenvalue weighted by molar-refractivity contribution is 5.74. The maximum absolute atomic E-state index is 12.6. The van der Waals surface area contributed by atoms with E-state index in [4.69, 9.17) is 0 Å². The second kappa shape index (κ2) is 9.03. The Balaban J connectivity index is 1.76. The summed E-state index contributed by atoms with van der Waals surface area (Å²) < 4.78 is 2.70. The molecule has 2 amide bonds. The molecule has 1 aliphatic rings. The molecule has 0 aromatic carbocycles. The largest absolute Gasteiger partial charge is 0.335 e. The second-order valence-corrected chi connectivity index (χ2v) is 8.25. The van der Waals surface area contributed by atoms with Crippen LogP contribution in [-0.2, 0) is 20.1 Å². The standard InChI is InChI=1S/C20H33N7O3/c1-6-25(7-2)20(30)26-10-8-24(9-11-26)13-15-21-16-17(22-15)27(12-14(3)4)19(29)23(5)18(16)28/h14H,6-13H2,1-5H3,(H,21,22). The molecule has 1 fully saturated rings. The summed E-state index contributed by atoms with van der Waals surface area (Å²) in [5.74, 6) is 0.911. The van der Waals surface area contributed by atoms with E-state index in [1.807, 2.05) is 37.5 Å². The molecule has 0 atom stereocenters. The molecular formula is C20H33N7O3. The third-order valence-electron chi connectivity index (χ3n) is 5.62. The van der Waals surface area contributed by atoms with E-state index in [2.05, 4.69) is 14.9 Å². The fourth-order valence-electron chi connectivity index (χ4n) is 3.89. The fourth-order valence-corrected chi connectivity index (χ4v) is 3.89. The Hall–Kier alpha value is -2.62. The van der Waals surface area contributed by atoms with E-state index in [9.17, 15) is 14.4 Å². The molecule has 0 bridgehead atoms. The minimum Gasteiger partial charge on any atom is -0.335 e. The summed E-state index contributed by atoms with van der Waals surface area (Å²) >= 11 is 0. The molecule has 2 aromatic rings. The molecule has 0 unspecified atom stereocenters. The zero-order chi connectivity index (χ0) is 22.0. The van der Waals surface area contributed by atoms with Crippen molar-refractivity contribution in [1.29, 1.82) is 0 Å². The first-order valence-corrected chi connectivity index (χ1v) is 10.7. The van der Waals surface area contributed by atoms with Crippen molar-refractivity contribution < 1.29 is 4.79 Å². The number of hydrogen-bond donors (Lipinski definition) is 1. The maximum atomic E-state index is 12.6. The van der Waals surface area contributed by atoms with Gasteiger partial charge in [0, 0.05) is 52.9 Å². The fraction of sp³-hybridized carbons (Fsp3) is 0.700. The number of nitrogens with zero attached hydrogens (tertiary/aromatic N) is 6. The molecule has 10 nitrogen and oxygen atoms in total. The Bertz CT molecular complexity index is 1010. The highest BCUT2D eigenvalue weighted by Gasteiger charge is 2.25. The van der Waals surface area contributed by atoms with Crippen LogP contribution in [0, 0.1) is 5.92 Å². The first-order valence-electron chi connectivity index (χ1n) is 10.7. The molecule has 3 rings (SSSR count). The Labute approximate surface area is 176 Å². The monoisotopic (exact) mass is 419 g/mol. The lowest BCUT2D eigenvalue weighted by Gasteiger charge is -2.36. The van der Waals surface area contributed by atoms with Gasteiger partial charge in [0.25, 0.3) is 5.56 Å². The minimum atomic E-state index is -0.358. The number of aromatic amines is 1. The predicted molar refractivity (Wildman–Crippen MR) is 116 cm³/mol. The third-order valence-corrected chi connectivity index (χ3v) is 5.62. The van der Waals surface area contributed by atoms with Crippen LogP contribution in [0.1, 0.15) is 33.5 Å². The van der Waals surface area contributed by atoms with Gasteiger partial charge in [0.1, 0.15) is 11.3 Å². The zero-order valence-corrected chi connectivity index (χ0v) is 18.6. The van der Waals surface area contributed by atoms with E-state index in [-0.39, 0.29) is 23.2 Å². The van der Waals surface area contributed by atoms with Gasteiger partial charge in [-0.1, -0.05) is 13.8 Å². The molecule has 166 valence electrons. The van der Waals surface area contributed by atoms with Gasteiger partial charge in [-0.25, -0.2) is 14.6 Å². The number of rotatable bonds is 6. The number of urea groups is 1. The van der Waals surface area contributed by atoms with Gasteiger partial charge < -0.3 is 14.8 Å². The molecule has 30 heavy (non-hydrogen) atoms. The van der Waals surface area contributed by atoms with Crippen molar-refractivity contribution in [3.05, 3.63) is 26.7 Å². The topological polar surface area (TPSA) is 99.5 Å². The number of H-pyrrole nitrogens is 1. The van der Waals surface area contributed by atoms with Gasteiger partial charge >= 0.3 is 11.7 Å². The van der Waals surface area contributed by atoms with Gasteiger partial charge in [-0.15, -0.1) is 0 Å². The summed E-state index contributed by atoms with van der Waals surface area (Å²) in [6.07, 6.45) is 0. The first kappa shape index (κ1) is 22.1. The number of fused-ring (bicyclic) bond motifs is 1. The smallest absolute Gasteiger partial charge is 0.332 e. The Morgan fingerprint density at radius 1 is 1.13 bits per heavy atom. The molecular weight excluding hydrogens is 386 g/mol. The lowest BCUT2D eigenvalue weighted by atomic mass is 10.2. The van der Waals surface area contributed by atoms with Crippen LogP contribution in [0.25, 0.3) is 11.2 Å². The van der Waals surface area contributed by atoms with Gasteiger partial charge in [0.15, 0.2) is 5.65 Å². The van der Waals surface area contributed by atoms with E-state index in [0.717, 1.165) is 17.7 Å². The number of nitrogens with one attached hydrogen (secondary N) is 1. The molecule has 10 heteroatoms. The normalized spacial score (nSPS) is 15.3. The highest BCUT2D eigenvalue weighted by atomic mass is 16.2. The van der Waals surface area contributed by atoms with Crippen LogP contribution in [0.5, 0.6) is 0 Å². The summed E-state index contributed by atoms with van der Waals surface area (Å²) in [6.45, 7) is 13.3. The number of piperazine rings is 1. The Morgan fingerprint density at radius 3 is 2.33 bits per heavy atom. The molecule has 0 aliphatic carbocycles. The number of carbonyl (C=O) groups excluding carboxylic acids is 1. The van der Waals surface area contributed by atoms with Crippen molar-refractivity contribution in [3.8, 4) is 0 Å². The highest BCUT2D eigenvalue weighted by Crippen LogP contribution is 2.12. The summed E-state index contributed by atoms with van der Waals surface area (Å²) in [5, 5.41) is 0. The number of carbonyl (C=O) groups is 1. The summed E-state index contributed by atoms with van der Waals surface area (Å²) in [6, 6.07) is 0.0876. The lowest BCUT2D eigenvalue weighted by Crippen LogP contribution is -2.52. The summed E-state index contributed by atoms with van der Waals surface area (Å²) in [7, 11) is 1.49. The van der Waals surface area contributed by atoms with Crippen LogP contribution < -0.4 is 11.2 Å². The minimum absolute atomic E-state index is 0.0876. The van der Waals surface area contributed by atoms with Gasteiger partial charge in [0.2, 0.25) is 0 Å². The van der Waals surface area contributed by atoms with Crippen LogP contribution in [0.15, 0.2) is 9.59 Å². The number of imidazole rings is 1. The van der Waals surface area contributed by atoms with Crippen LogP contribution >= 0.6 is 0 Å². The molecule has 1 aliphatic heterocycles. The molecule has 3 heterocycles. The van der Waals surface area contributed by atoms with Gasteiger partial charge in [0.05, 0.1) is 6.54 Å². The third kappa shape index (κ3) is 4.28. The Kier molecular flexibility index (Phi) is 6.64. The van der Waals surface area contributed by atoms with Crippen molar-refractivity contribution in [2.24, 2.45) is 13.0 Å². The van der Waals surface area contributed by atoms with Gasteiger partial charge in [-0.3, -0.25) is 18.8 Å². The maximum Gasteiger partial charge on any atom is 0.332 e. The van der Waals surface area contributed by atoms with E-state index in [0.29, 0.717) is 56.3 Å². The van der Waals surface area contributed by atoms with E-state index >= 15 is 0 Å². The van der Waals surface area contributed by atoms with E-state index in [1.165, 1.54) is 7.05 Å². The van der Waals surface area contributed by atoms with Crippen molar-refractivity contribution in [2.45, 2.75) is 40.8 Å². The zero-order valence-electron chi connectivity index (χ0n) is 18.6. The molecule has 1 saturated heterocycles. The molecule has 0 saturated carbocycles. The molecule has 0 spiro atoms. The number of amides is 2. The van der Waals surface area contributed by atoms with Crippen LogP contribution in [0.4, 0.5) is 4.79 Å². The lowest BCUT2D eigenvalue weighted by molar-refractivity contribution is 0.111. The van der Waals surface area contributed by atoms with Crippen molar-refractivity contribution >= 4 is 17.2 Å². The average Bonchev–Trinajstić information content (AvgIpc) is 3.14. The van der Waals surface area contributed by atoms with Crippen molar-refractivity contribution in [2.75, 3.05) is 39.3 Å². The van der Waals surface area contributed by atoms with Crippen LogP contribution in [0.3, 0.4) is 0 Å². The van der Waals surface area contributed by atoms with Gasteiger partial charge in [-0.05, 0) is 19.8 Å². The SMILES string of the molecule is CCN(CC)C(=O)N1CCN(Cc2nc3c([nH]2)c(=O)n(C)c(=O)n3CC(C)C)CC1. The van der Waals surface area contributed by atoms with Crippen molar-refractivity contribution in [1.82, 2.24) is 33.8 Å². The summed E-state index contributed by atoms with van der Waals surface area (Å²) in [4.78, 5) is 51.3. The van der Waals surface area contributed by atoms with E-state index in [1.54, 1.807) is 4.57 Å². The van der Waals surface area contributed by atoms with Gasteiger partial charge in [-0.2, -0.15) is 0 Å². The quantitative estimate of drug-likeness (QED) is 0.742. The van der Waals surface area contributed by atoms with E-state index < -0.39 is 0 Å². The first-order chi connectivity index (χ1) is 14.3. The van der Waals surface area contributed by atoms with Crippen molar-refractivity contribution in [3.63, 3.8) is 0 Å². The Morgan fingerprint density at radius 2 is 1.77 bits per heavy atom. The second-order valence-electron chi connectivity index (χ2n) is 8.25. The predicted octanol–water partition coefficient (Wildman–Crippen LogP) is 0.659. The van der Waals surface area contributed by atoms with Crippen LogP contribution in [0.2, 0.25) is 0 Å². The molecule has 0 radical (unpaired) electrons. The molecule has 1 N–H and O–H groups in total.